The second-order valence-electron chi connectivity index (χ2n) is 26.0. The fraction of sp³-hybridized carbons (Fsp3) is 0.0111. The van der Waals surface area contributed by atoms with Gasteiger partial charge in [-0.15, -0.1) is 0 Å². The number of aromatic hydroxyl groups is 1. The van der Waals surface area contributed by atoms with Crippen molar-refractivity contribution in [3.05, 3.63) is 336 Å². The molecule has 0 aliphatic rings. The number of non-ortho nitro benzene ring substituents is 1. The number of rotatable bonds is 10. The van der Waals surface area contributed by atoms with Crippen LogP contribution in [-0.2, 0) is 0 Å². The molecule has 0 unspecified atom stereocenters. The number of carboxylic acids is 1. The molecule has 0 atom stereocenters. The molecule has 0 spiro atoms. The summed E-state index contributed by atoms with van der Waals surface area (Å²) in [7, 11) is 0. The predicted molar refractivity (Wildman–Crippen MR) is 427 cm³/mol. The van der Waals surface area contributed by atoms with Gasteiger partial charge in [0.2, 0.25) is 0 Å². The highest BCUT2D eigenvalue weighted by molar-refractivity contribution is 6.25. The fourth-order valence-corrected chi connectivity index (χ4v) is 14.1. The largest absolute Gasteiger partial charge is 0.508 e. The summed E-state index contributed by atoms with van der Waals surface area (Å²) in [5, 5.41) is 41.3. The quantitative estimate of drug-likeness (QED) is 0.0368. The molecule has 16 nitrogen and oxygen atoms in total. The van der Waals surface area contributed by atoms with Crippen LogP contribution in [-0.4, -0.2) is 70.9 Å². The SMILES string of the molecule is Cc1[nH]c2ccc([N+](=O)[O-])cc2c1-c1nc(-c2ccccc2)c(-c2ccc(F)cc2)[nH]1.Fc1ccc(-c2[nH]c(-c3ccc4[nH]ccc4c3)nc2-c2ccccc2)cc1.O=C(O)c1ccc(-c2nc3c4ccccc4c4ccccc4c3[nH]2)cc1.Oc1cccc(-c2nc3c4ccccc4c4ccccc4c3[nH]2)c1. The zero-order valence-corrected chi connectivity index (χ0v) is 57.5. The molecule has 18 heteroatoms. The lowest BCUT2D eigenvalue weighted by Crippen LogP contribution is -1.95. The molecule has 8 N–H and O–H groups in total. The van der Waals surface area contributed by atoms with Gasteiger partial charge in [-0.2, -0.15) is 0 Å². The summed E-state index contributed by atoms with van der Waals surface area (Å²) in [6.07, 6.45) is 1.93. The highest BCUT2D eigenvalue weighted by Crippen LogP contribution is 2.41. The Morgan fingerprint density at radius 2 is 0.824 bits per heavy atom. The lowest BCUT2D eigenvalue weighted by molar-refractivity contribution is -0.384. The molecular weight excluding hydrogens is 1350 g/mol. The van der Waals surface area contributed by atoms with E-state index in [1.807, 2.05) is 141 Å². The number of nitro groups is 1. The molecule has 0 saturated heterocycles. The molecule has 0 fully saturated rings. The number of aromatic amines is 6. The first kappa shape index (κ1) is 66.3. The van der Waals surface area contributed by atoms with E-state index in [0.29, 0.717) is 11.2 Å². The van der Waals surface area contributed by atoms with Crippen LogP contribution in [0.25, 0.3) is 178 Å². The predicted octanol–water partition coefficient (Wildman–Crippen LogP) is 22.8. The molecule has 0 saturated carbocycles. The standard InChI is InChI=1S/C24H17FN4O2.C23H16FN3.C22H14N2O2.C21H14N2O/c1-14-21(19-13-18(29(30)31)11-12-20(19)26-14)24-27-22(15-5-3-2-4-6-15)23(28-24)16-7-9-17(25)10-8-16;24-19-9-6-16(7-10-19)22-21(15-4-2-1-3-5-15)26-23(27-22)18-8-11-20-17(14-18)12-13-25-20;25-22(26)14-11-9-13(10-12-14)21-23-19-17-7-3-1-5-15(17)16-6-2-4-8-18(16)20(19)24-21;24-14-7-5-6-13(12-14)21-22-19-17-10-3-1-8-15(17)16-9-2-4-11-18(16)20(19)23-21/h2-13,26H,1H3,(H,27,28);1-14,25H,(H,26,27);1-12H,(H,23,24)(H,25,26);1-12,24H,(H,22,23). The molecule has 20 aromatic rings. The number of carboxylic acid groups (broad SMARTS) is 1. The van der Waals surface area contributed by atoms with Gasteiger partial charge in [0.1, 0.15) is 40.7 Å². The number of halogens is 2. The Labute approximate surface area is 613 Å². The number of imidazole rings is 4. The number of aryl methyl sites for hydroxylation is 1. The van der Waals surface area contributed by atoms with Crippen LogP contribution in [0.15, 0.2) is 303 Å². The number of nitrogens with one attached hydrogen (secondary N) is 6. The van der Waals surface area contributed by atoms with Crippen LogP contribution in [0.3, 0.4) is 0 Å². The number of aromatic nitrogens is 10. The zero-order chi connectivity index (χ0) is 73.5. The minimum absolute atomic E-state index is 0.0151. The van der Waals surface area contributed by atoms with E-state index in [9.17, 15) is 28.8 Å². The third kappa shape index (κ3) is 12.7. The smallest absolute Gasteiger partial charge is 0.335 e. The number of hydrogen-bond acceptors (Lipinski definition) is 8. The summed E-state index contributed by atoms with van der Waals surface area (Å²) in [6, 6.07) is 92.6. The maximum atomic E-state index is 13.5. The van der Waals surface area contributed by atoms with Crippen LogP contribution in [0.4, 0.5) is 14.5 Å². The Hall–Kier alpha value is -14.9. The Kier molecular flexibility index (Phi) is 17.2. The number of nitro benzene ring substituents is 1. The number of H-pyrrole nitrogens is 6. The molecule has 0 bridgehead atoms. The van der Waals surface area contributed by atoms with Gasteiger partial charge in [0.15, 0.2) is 0 Å². The van der Waals surface area contributed by atoms with Crippen LogP contribution in [0.2, 0.25) is 0 Å². The van der Waals surface area contributed by atoms with Gasteiger partial charge in [0.05, 0.1) is 55.3 Å². The number of hydrogen-bond donors (Lipinski definition) is 8. The van der Waals surface area contributed by atoms with Gasteiger partial charge in [0, 0.05) is 112 Å². The van der Waals surface area contributed by atoms with E-state index in [-0.39, 0.29) is 28.6 Å². The fourth-order valence-electron chi connectivity index (χ4n) is 14.1. The van der Waals surface area contributed by atoms with Gasteiger partial charge >= 0.3 is 5.97 Å². The van der Waals surface area contributed by atoms with Crippen LogP contribution >= 0.6 is 0 Å². The summed E-state index contributed by atoms with van der Waals surface area (Å²) in [4.78, 5) is 61.6. The molecule has 0 amide bonds. The monoisotopic (exact) mass is 1410 g/mol. The molecule has 20 rings (SSSR count). The van der Waals surface area contributed by atoms with Gasteiger partial charge < -0.3 is 40.1 Å². The van der Waals surface area contributed by atoms with Crippen molar-refractivity contribution in [2.75, 3.05) is 0 Å². The van der Waals surface area contributed by atoms with Crippen molar-refractivity contribution in [3.63, 3.8) is 0 Å². The van der Waals surface area contributed by atoms with Crippen molar-refractivity contribution in [1.29, 1.82) is 0 Å². The second kappa shape index (κ2) is 28.0. The summed E-state index contributed by atoms with van der Waals surface area (Å²) >= 11 is 0. The van der Waals surface area contributed by atoms with Crippen LogP contribution in [0.5, 0.6) is 5.75 Å². The first-order valence-electron chi connectivity index (χ1n) is 34.7. The lowest BCUT2D eigenvalue weighted by atomic mass is 10.0. The number of phenolic OH excluding ortho intramolecular Hbond substituents is 1. The lowest BCUT2D eigenvalue weighted by Gasteiger charge is -2.05. The van der Waals surface area contributed by atoms with Crippen LogP contribution < -0.4 is 0 Å². The number of carbonyl (C=O) groups is 1. The van der Waals surface area contributed by atoms with E-state index >= 15 is 0 Å². The topological polar surface area (TPSA) is 247 Å². The maximum absolute atomic E-state index is 13.5. The molecule has 108 heavy (non-hydrogen) atoms. The zero-order valence-electron chi connectivity index (χ0n) is 57.5. The number of fused-ring (bicyclic) bond motifs is 14. The van der Waals surface area contributed by atoms with Crippen molar-refractivity contribution in [3.8, 4) is 96.3 Å². The first-order valence-corrected chi connectivity index (χ1v) is 34.7. The average Bonchev–Trinajstić information content (AvgIpc) is 1.53. The summed E-state index contributed by atoms with van der Waals surface area (Å²) in [6.45, 7) is 1.91. The third-order valence-electron chi connectivity index (χ3n) is 19.3. The van der Waals surface area contributed by atoms with Crippen molar-refractivity contribution in [2.45, 2.75) is 6.92 Å². The molecule has 520 valence electrons. The number of nitrogens with zero attached hydrogens (tertiary/aromatic N) is 5. The van der Waals surface area contributed by atoms with Crippen LogP contribution in [0, 0.1) is 28.7 Å². The second-order valence-corrected chi connectivity index (χ2v) is 26.0. The van der Waals surface area contributed by atoms with Crippen molar-refractivity contribution >= 4 is 98.6 Å². The highest BCUT2D eigenvalue weighted by atomic mass is 19.1. The number of aromatic carboxylic acids is 1. The van der Waals surface area contributed by atoms with E-state index in [2.05, 4.69) is 96.6 Å². The van der Waals surface area contributed by atoms with Gasteiger partial charge in [0.25, 0.3) is 5.69 Å². The summed E-state index contributed by atoms with van der Waals surface area (Å²) in [5.74, 6) is 1.61. The van der Waals surface area contributed by atoms with E-state index in [0.717, 1.165) is 150 Å². The average molecular weight is 1410 g/mol. The van der Waals surface area contributed by atoms with Gasteiger partial charge in [-0.05, 0) is 132 Å². The highest BCUT2D eigenvalue weighted by Gasteiger charge is 2.23. The summed E-state index contributed by atoms with van der Waals surface area (Å²) in [5.41, 5.74) is 17.3. The maximum Gasteiger partial charge on any atom is 0.335 e. The first-order chi connectivity index (χ1) is 52.8. The molecule has 0 aliphatic heterocycles. The molecule has 6 heterocycles. The molecule has 14 aromatic carbocycles. The molecule has 0 radical (unpaired) electrons. The van der Waals surface area contributed by atoms with Crippen LogP contribution in [0.1, 0.15) is 16.1 Å². The number of phenols is 1. The Balaban J connectivity index is 0.000000106. The van der Waals surface area contributed by atoms with Crippen molar-refractivity contribution in [1.82, 2.24) is 49.8 Å². The van der Waals surface area contributed by atoms with Gasteiger partial charge in [-0.3, -0.25) is 10.1 Å². The summed E-state index contributed by atoms with van der Waals surface area (Å²) < 4.78 is 26.9. The van der Waals surface area contributed by atoms with Crippen molar-refractivity contribution in [2.24, 2.45) is 0 Å². The number of benzene rings is 14. The van der Waals surface area contributed by atoms with E-state index in [4.69, 9.17) is 25.0 Å². The normalized spacial score (nSPS) is 11.3. The molecule has 0 aliphatic carbocycles. The minimum atomic E-state index is -0.932. The van der Waals surface area contributed by atoms with Gasteiger partial charge in [-0.1, -0.05) is 182 Å². The molecular formula is C90H61F2N11O5. The van der Waals surface area contributed by atoms with E-state index < -0.39 is 10.9 Å². The van der Waals surface area contributed by atoms with E-state index in [1.54, 1.807) is 72.8 Å². The Morgan fingerprint density at radius 1 is 0.389 bits per heavy atom. The third-order valence-corrected chi connectivity index (χ3v) is 19.3. The minimum Gasteiger partial charge on any atom is -0.508 e. The van der Waals surface area contributed by atoms with Crippen molar-refractivity contribution < 1.29 is 28.7 Å². The Morgan fingerprint density at radius 3 is 1.35 bits per heavy atom. The Bertz CT molecular complexity index is 6660. The molecule has 6 aromatic heterocycles. The van der Waals surface area contributed by atoms with Gasteiger partial charge in [-0.25, -0.2) is 33.5 Å². The van der Waals surface area contributed by atoms with E-state index in [1.165, 1.54) is 51.9 Å².